The van der Waals surface area contributed by atoms with Crippen LogP contribution < -0.4 is 4.72 Å². The van der Waals surface area contributed by atoms with Crippen LogP contribution in [0.2, 0.25) is 0 Å². The maximum Gasteiger partial charge on any atom is 0.253 e. The fraction of sp³-hybridized carbons (Fsp3) is 0.381. The van der Waals surface area contributed by atoms with Gasteiger partial charge in [-0.25, -0.2) is 13.1 Å². The van der Waals surface area contributed by atoms with Gasteiger partial charge in [0.1, 0.15) is 5.75 Å². The number of likely N-dealkylation sites (tertiary alicyclic amines) is 1. The molecule has 3 rings (SSSR count). The molecule has 0 saturated carbocycles. The molecule has 2 N–H and O–H groups in total. The summed E-state index contributed by atoms with van der Waals surface area (Å²) in [5, 5.41) is 9.43. The summed E-state index contributed by atoms with van der Waals surface area (Å²) < 4.78 is 32.1. The van der Waals surface area contributed by atoms with Gasteiger partial charge in [-0.15, -0.1) is 0 Å². The molecule has 8 heteroatoms. The number of methoxy groups -OCH3 is 1. The van der Waals surface area contributed by atoms with Crippen molar-refractivity contribution in [2.24, 2.45) is 0 Å². The molecule has 2 aromatic rings. The van der Waals surface area contributed by atoms with E-state index in [0.717, 1.165) is 18.4 Å². The number of amides is 1. The third kappa shape index (κ3) is 5.35. The van der Waals surface area contributed by atoms with Gasteiger partial charge in [-0.3, -0.25) is 4.79 Å². The van der Waals surface area contributed by atoms with Crippen LogP contribution >= 0.6 is 0 Å². The normalized spacial score (nSPS) is 15.4. The molecule has 1 amide bonds. The maximum absolute atomic E-state index is 12.9. The summed E-state index contributed by atoms with van der Waals surface area (Å²) in [5.74, 6) is 0.423. The topological polar surface area (TPSA) is 95.9 Å². The maximum atomic E-state index is 12.9. The first-order chi connectivity index (χ1) is 13.9. The second-order valence-corrected chi connectivity index (χ2v) is 8.84. The van der Waals surface area contributed by atoms with Crippen molar-refractivity contribution in [2.75, 3.05) is 33.4 Å². The smallest absolute Gasteiger partial charge is 0.253 e. The number of nitrogens with one attached hydrogen (secondary N) is 1. The molecule has 156 valence electrons. The lowest BCUT2D eigenvalue weighted by Crippen LogP contribution is -2.38. The van der Waals surface area contributed by atoms with Gasteiger partial charge in [-0.1, -0.05) is 18.2 Å². The predicted molar refractivity (Wildman–Crippen MR) is 109 cm³/mol. The molecular weight excluding hydrogens is 392 g/mol. The Morgan fingerprint density at radius 1 is 1.17 bits per heavy atom. The molecule has 0 bridgehead atoms. The van der Waals surface area contributed by atoms with E-state index in [0.29, 0.717) is 24.6 Å². The molecule has 0 unspecified atom stereocenters. The highest BCUT2D eigenvalue weighted by Gasteiger charge is 2.25. The Hall–Kier alpha value is -2.42. The average Bonchev–Trinajstić information content (AvgIpc) is 2.74. The van der Waals surface area contributed by atoms with Gasteiger partial charge in [0.15, 0.2) is 0 Å². The van der Waals surface area contributed by atoms with Crippen LogP contribution in [0.1, 0.15) is 34.7 Å². The minimum atomic E-state index is -3.69. The molecule has 0 spiro atoms. The lowest BCUT2D eigenvalue weighted by Gasteiger charge is -2.32. The number of piperidine rings is 1. The number of sulfonamides is 1. The van der Waals surface area contributed by atoms with E-state index in [4.69, 9.17) is 4.74 Å². The van der Waals surface area contributed by atoms with Crippen LogP contribution in [0.4, 0.5) is 0 Å². The first-order valence-electron chi connectivity index (χ1n) is 9.57. The minimum Gasteiger partial charge on any atom is -0.508 e. The van der Waals surface area contributed by atoms with Crippen LogP contribution in [0.3, 0.4) is 0 Å². The third-order valence-corrected chi connectivity index (χ3v) is 6.59. The average molecular weight is 419 g/mol. The van der Waals surface area contributed by atoms with Gasteiger partial charge in [0.25, 0.3) is 5.91 Å². The second kappa shape index (κ2) is 9.39. The van der Waals surface area contributed by atoms with Gasteiger partial charge in [-0.05, 0) is 54.7 Å². The van der Waals surface area contributed by atoms with Crippen molar-refractivity contribution in [3.63, 3.8) is 0 Å². The zero-order valence-corrected chi connectivity index (χ0v) is 17.2. The van der Waals surface area contributed by atoms with Gasteiger partial charge in [0.05, 0.1) is 11.5 Å². The Labute approximate surface area is 171 Å². The van der Waals surface area contributed by atoms with E-state index in [1.165, 1.54) is 19.2 Å². The number of aromatic hydroxyl groups is 1. The van der Waals surface area contributed by atoms with Gasteiger partial charge < -0.3 is 14.7 Å². The highest BCUT2D eigenvalue weighted by atomic mass is 32.2. The summed E-state index contributed by atoms with van der Waals surface area (Å²) in [7, 11) is -2.19. The highest BCUT2D eigenvalue weighted by molar-refractivity contribution is 7.89. The molecule has 0 radical (unpaired) electrons. The van der Waals surface area contributed by atoms with E-state index in [1.54, 1.807) is 29.2 Å². The highest BCUT2D eigenvalue weighted by Crippen LogP contribution is 2.29. The standard InChI is InChI=1S/C21H26N2O5S/c1-28-14-11-22-29(26,27)20-4-2-3-18(15-20)21(25)23-12-9-17(10-13-23)16-5-7-19(24)8-6-16/h2-8,15,17,22,24H,9-14H2,1H3. The van der Waals surface area contributed by atoms with Crippen LogP contribution in [-0.2, 0) is 14.8 Å². The molecule has 1 heterocycles. The quantitative estimate of drug-likeness (QED) is 0.673. The van der Waals surface area contributed by atoms with E-state index in [-0.39, 0.29) is 29.7 Å². The zero-order chi connectivity index (χ0) is 20.9. The van der Waals surface area contributed by atoms with Crippen LogP contribution in [-0.4, -0.2) is 57.7 Å². The molecule has 1 aliphatic heterocycles. The van der Waals surface area contributed by atoms with Gasteiger partial charge >= 0.3 is 0 Å². The monoisotopic (exact) mass is 418 g/mol. The van der Waals surface area contributed by atoms with Gasteiger partial charge in [0.2, 0.25) is 10.0 Å². The minimum absolute atomic E-state index is 0.0680. The lowest BCUT2D eigenvalue weighted by molar-refractivity contribution is 0.0712. The fourth-order valence-electron chi connectivity index (χ4n) is 3.50. The molecule has 1 saturated heterocycles. The number of benzene rings is 2. The SMILES string of the molecule is COCCNS(=O)(=O)c1cccc(C(=O)N2CCC(c3ccc(O)cc3)CC2)c1. The first kappa shape index (κ1) is 21.3. The van der Waals surface area contributed by atoms with Crippen molar-refractivity contribution < 1.29 is 23.1 Å². The summed E-state index contributed by atoms with van der Waals surface area (Å²) in [6.07, 6.45) is 1.65. The molecule has 0 aliphatic carbocycles. The van der Waals surface area contributed by atoms with Crippen LogP contribution in [0.25, 0.3) is 0 Å². The van der Waals surface area contributed by atoms with Crippen molar-refractivity contribution >= 4 is 15.9 Å². The van der Waals surface area contributed by atoms with Crippen LogP contribution in [0, 0.1) is 0 Å². The van der Waals surface area contributed by atoms with E-state index in [1.807, 2.05) is 12.1 Å². The second-order valence-electron chi connectivity index (χ2n) is 7.08. The number of rotatable bonds is 7. The molecular formula is C21H26N2O5S. The number of hydrogen-bond acceptors (Lipinski definition) is 5. The number of carbonyl (C=O) groups excluding carboxylic acids is 1. The van der Waals surface area contributed by atoms with Crippen molar-refractivity contribution in [1.29, 1.82) is 0 Å². The summed E-state index contributed by atoms with van der Waals surface area (Å²) in [5.41, 5.74) is 1.52. The number of hydrogen-bond donors (Lipinski definition) is 2. The lowest BCUT2D eigenvalue weighted by atomic mass is 9.89. The number of carbonyl (C=O) groups is 1. The predicted octanol–water partition coefficient (Wildman–Crippen LogP) is 2.34. The molecule has 2 aromatic carbocycles. The molecule has 29 heavy (non-hydrogen) atoms. The van der Waals surface area contributed by atoms with Crippen LogP contribution in [0.15, 0.2) is 53.4 Å². The fourth-order valence-corrected chi connectivity index (χ4v) is 4.56. The summed E-state index contributed by atoms with van der Waals surface area (Å²) in [6, 6.07) is 13.3. The largest absolute Gasteiger partial charge is 0.508 e. The Morgan fingerprint density at radius 3 is 2.52 bits per heavy atom. The Kier molecular flexibility index (Phi) is 6.89. The van der Waals surface area contributed by atoms with E-state index in [9.17, 15) is 18.3 Å². The third-order valence-electron chi connectivity index (χ3n) is 5.14. The summed E-state index contributed by atoms with van der Waals surface area (Å²) >= 11 is 0. The van der Waals surface area contributed by atoms with Crippen molar-refractivity contribution in [1.82, 2.24) is 9.62 Å². The number of nitrogens with zero attached hydrogens (tertiary/aromatic N) is 1. The van der Waals surface area contributed by atoms with Crippen molar-refractivity contribution in [3.05, 3.63) is 59.7 Å². The summed E-state index contributed by atoms with van der Waals surface area (Å²) in [4.78, 5) is 14.7. The van der Waals surface area contributed by atoms with E-state index < -0.39 is 10.0 Å². The molecule has 0 atom stereocenters. The van der Waals surface area contributed by atoms with Crippen LogP contribution in [0.5, 0.6) is 5.75 Å². The van der Waals surface area contributed by atoms with Crippen molar-refractivity contribution in [2.45, 2.75) is 23.7 Å². The Bertz CT molecular complexity index is 936. The Morgan fingerprint density at radius 2 is 1.86 bits per heavy atom. The Balaban J connectivity index is 1.64. The van der Waals surface area contributed by atoms with E-state index in [2.05, 4.69) is 4.72 Å². The van der Waals surface area contributed by atoms with E-state index >= 15 is 0 Å². The molecule has 0 aromatic heterocycles. The molecule has 1 fully saturated rings. The molecule has 1 aliphatic rings. The van der Waals surface area contributed by atoms with Crippen molar-refractivity contribution in [3.8, 4) is 5.75 Å². The zero-order valence-electron chi connectivity index (χ0n) is 16.4. The molecule has 7 nitrogen and oxygen atoms in total. The van der Waals surface area contributed by atoms with Gasteiger partial charge in [-0.2, -0.15) is 0 Å². The van der Waals surface area contributed by atoms with Gasteiger partial charge in [0, 0.05) is 32.3 Å². The summed E-state index contributed by atoms with van der Waals surface area (Å²) in [6.45, 7) is 1.65. The number of phenols is 1. The number of ether oxygens (including phenoxy) is 1. The first-order valence-corrected chi connectivity index (χ1v) is 11.1. The number of phenolic OH excluding ortho intramolecular Hbond substituents is 1.